The molecule has 0 saturated heterocycles. The van der Waals surface area contributed by atoms with Crippen molar-refractivity contribution in [3.63, 3.8) is 0 Å². The molecule has 2 aromatic carbocycles. The van der Waals surface area contributed by atoms with Crippen molar-refractivity contribution in [2.45, 2.75) is 19.3 Å². The molecule has 0 spiro atoms. The first kappa shape index (κ1) is 12.6. The van der Waals surface area contributed by atoms with Gasteiger partial charge in [0.15, 0.2) is 0 Å². The van der Waals surface area contributed by atoms with Crippen LogP contribution in [0.4, 0.5) is 0 Å². The average molecular weight is 315 g/mol. The predicted molar refractivity (Wildman–Crippen MR) is 80.2 cm³/mol. The summed E-state index contributed by atoms with van der Waals surface area (Å²) in [5.41, 5.74) is 3.79. The van der Waals surface area contributed by atoms with Crippen LogP contribution in [0.25, 0.3) is 0 Å². The summed E-state index contributed by atoms with van der Waals surface area (Å²) in [5.74, 6) is 0.527. The largest absolute Gasteiger partial charge is 0.299 e. The van der Waals surface area contributed by atoms with Crippen LogP contribution in [0.5, 0.6) is 0 Å². The monoisotopic (exact) mass is 314 g/mol. The van der Waals surface area contributed by atoms with Gasteiger partial charge in [-0.2, -0.15) is 0 Å². The first-order chi connectivity index (χ1) is 9.22. The maximum absolute atomic E-state index is 12.4. The molecular weight excluding hydrogens is 300 g/mol. The first-order valence-corrected chi connectivity index (χ1v) is 7.35. The highest BCUT2D eigenvalue weighted by atomic mass is 79.9. The number of halogens is 1. The van der Waals surface area contributed by atoms with Crippen LogP contribution in [-0.2, 0) is 24.1 Å². The second kappa shape index (κ2) is 5.30. The van der Waals surface area contributed by atoms with Crippen LogP contribution in [-0.4, -0.2) is 5.78 Å². The van der Waals surface area contributed by atoms with Gasteiger partial charge in [0.2, 0.25) is 0 Å². The molecule has 0 saturated carbocycles. The first-order valence-electron chi connectivity index (χ1n) is 6.56. The molecule has 1 aliphatic rings. The second-order valence-electron chi connectivity index (χ2n) is 5.14. The third kappa shape index (κ3) is 2.79. The van der Waals surface area contributed by atoms with E-state index in [9.17, 15) is 4.79 Å². The van der Waals surface area contributed by atoms with Crippen molar-refractivity contribution >= 4 is 21.7 Å². The van der Waals surface area contributed by atoms with E-state index >= 15 is 0 Å². The van der Waals surface area contributed by atoms with E-state index in [0.29, 0.717) is 12.2 Å². The maximum Gasteiger partial charge on any atom is 0.140 e. The van der Waals surface area contributed by atoms with E-state index in [2.05, 4.69) is 40.2 Å². The third-order valence-corrected chi connectivity index (χ3v) is 4.33. The van der Waals surface area contributed by atoms with Gasteiger partial charge < -0.3 is 0 Å². The summed E-state index contributed by atoms with van der Waals surface area (Å²) in [6.07, 6.45) is 2.36. The van der Waals surface area contributed by atoms with Gasteiger partial charge in [0.05, 0.1) is 0 Å². The van der Waals surface area contributed by atoms with Gasteiger partial charge in [-0.25, -0.2) is 0 Å². The lowest BCUT2D eigenvalue weighted by Crippen LogP contribution is -2.17. The van der Waals surface area contributed by atoms with Crippen molar-refractivity contribution in [2.75, 3.05) is 0 Å². The molecule has 96 valence electrons. The standard InChI is InChI=1S/C17H15BrO/c18-16-7-5-12(6-8-16)9-17(19)15-10-13-3-1-2-4-14(13)11-15/h1-8,15H,9-11H2. The van der Waals surface area contributed by atoms with Gasteiger partial charge in [0.25, 0.3) is 0 Å². The molecule has 3 rings (SSSR count). The Labute approximate surface area is 121 Å². The summed E-state index contributed by atoms with van der Waals surface area (Å²) in [6.45, 7) is 0. The highest BCUT2D eigenvalue weighted by Crippen LogP contribution is 2.28. The zero-order valence-electron chi connectivity index (χ0n) is 10.6. The van der Waals surface area contributed by atoms with Gasteiger partial charge in [0, 0.05) is 16.8 Å². The Kier molecular flexibility index (Phi) is 3.52. The van der Waals surface area contributed by atoms with E-state index in [1.165, 1.54) is 11.1 Å². The summed E-state index contributed by atoms with van der Waals surface area (Å²) in [7, 11) is 0. The van der Waals surface area contributed by atoms with Gasteiger partial charge in [-0.1, -0.05) is 52.3 Å². The molecule has 1 aliphatic carbocycles. The van der Waals surface area contributed by atoms with Crippen LogP contribution in [0.2, 0.25) is 0 Å². The normalized spacial score (nSPS) is 14.4. The number of rotatable bonds is 3. The summed E-state index contributed by atoms with van der Waals surface area (Å²) in [6, 6.07) is 16.4. The number of hydrogen-bond donors (Lipinski definition) is 0. The van der Waals surface area contributed by atoms with E-state index in [4.69, 9.17) is 0 Å². The minimum absolute atomic E-state index is 0.168. The number of carbonyl (C=O) groups excluding carboxylic acids is 1. The Morgan fingerprint density at radius 1 is 1.00 bits per heavy atom. The highest BCUT2D eigenvalue weighted by molar-refractivity contribution is 9.10. The van der Waals surface area contributed by atoms with Crippen LogP contribution in [0.3, 0.4) is 0 Å². The molecule has 0 radical (unpaired) electrons. The van der Waals surface area contributed by atoms with Crippen molar-refractivity contribution < 1.29 is 4.79 Å². The van der Waals surface area contributed by atoms with Crippen molar-refractivity contribution in [3.8, 4) is 0 Å². The molecule has 0 unspecified atom stereocenters. The van der Waals surface area contributed by atoms with Crippen molar-refractivity contribution in [1.82, 2.24) is 0 Å². The van der Waals surface area contributed by atoms with Crippen molar-refractivity contribution in [3.05, 3.63) is 69.7 Å². The van der Waals surface area contributed by atoms with Crippen LogP contribution in [0, 0.1) is 5.92 Å². The molecule has 0 bridgehead atoms. The van der Waals surface area contributed by atoms with Crippen LogP contribution >= 0.6 is 15.9 Å². The number of carbonyl (C=O) groups is 1. The van der Waals surface area contributed by atoms with E-state index in [-0.39, 0.29) is 5.92 Å². The second-order valence-corrected chi connectivity index (χ2v) is 6.06. The Bertz CT molecular complexity index is 576. The lowest BCUT2D eigenvalue weighted by molar-refractivity contribution is -0.121. The molecular formula is C17H15BrO. The van der Waals surface area contributed by atoms with Gasteiger partial charge in [0.1, 0.15) is 5.78 Å². The Morgan fingerprint density at radius 3 is 2.16 bits per heavy atom. The van der Waals surface area contributed by atoms with Crippen LogP contribution in [0.15, 0.2) is 53.0 Å². The molecule has 0 fully saturated rings. The fourth-order valence-corrected chi connectivity index (χ4v) is 3.00. The number of ketones is 1. The van der Waals surface area contributed by atoms with E-state index < -0.39 is 0 Å². The Balaban J connectivity index is 1.68. The van der Waals surface area contributed by atoms with Gasteiger partial charge in [-0.05, 0) is 41.7 Å². The number of benzene rings is 2. The topological polar surface area (TPSA) is 17.1 Å². The maximum atomic E-state index is 12.4. The van der Waals surface area contributed by atoms with Gasteiger partial charge in [-0.3, -0.25) is 4.79 Å². The van der Waals surface area contributed by atoms with Gasteiger partial charge >= 0.3 is 0 Å². The van der Waals surface area contributed by atoms with Crippen LogP contribution < -0.4 is 0 Å². The molecule has 19 heavy (non-hydrogen) atoms. The third-order valence-electron chi connectivity index (χ3n) is 3.80. The van der Waals surface area contributed by atoms with Crippen LogP contribution in [0.1, 0.15) is 16.7 Å². The van der Waals surface area contributed by atoms with E-state index in [0.717, 1.165) is 22.9 Å². The zero-order valence-corrected chi connectivity index (χ0v) is 12.2. The molecule has 2 heteroatoms. The minimum atomic E-state index is 0.168. The Morgan fingerprint density at radius 2 is 1.58 bits per heavy atom. The summed E-state index contributed by atoms with van der Waals surface area (Å²) < 4.78 is 1.05. The number of hydrogen-bond acceptors (Lipinski definition) is 1. The number of Topliss-reactive ketones (excluding diaryl/α,β-unsaturated/α-hetero) is 1. The summed E-state index contributed by atoms with van der Waals surface area (Å²) >= 11 is 3.41. The summed E-state index contributed by atoms with van der Waals surface area (Å²) in [5, 5.41) is 0. The molecule has 0 aromatic heterocycles. The predicted octanol–water partition coefficient (Wildman–Crippen LogP) is 3.98. The lowest BCUT2D eigenvalue weighted by atomic mass is 9.95. The molecule has 1 nitrogen and oxygen atoms in total. The smallest absolute Gasteiger partial charge is 0.140 e. The molecule has 0 amide bonds. The quantitative estimate of drug-likeness (QED) is 0.837. The number of fused-ring (bicyclic) bond motifs is 1. The zero-order chi connectivity index (χ0) is 13.2. The Hall–Kier alpha value is -1.41. The van der Waals surface area contributed by atoms with Crippen molar-refractivity contribution in [1.29, 1.82) is 0 Å². The van der Waals surface area contributed by atoms with E-state index in [1.807, 2.05) is 24.3 Å². The summed E-state index contributed by atoms with van der Waals surface area (Å²) in [4.78, 5) is 12.4. The fourth-order valence-electron chi connectivity index (χ4n) is 2.73. The average Bonchev–Trinajstić information content (AvgIpc) is 2.85. The lowest BCUT2D eigenvalue weighted by Gasteiger charge is -2.08. The molecule has 2 aromatic rings. The SMILES string of the molecule is O=C(Cc1ccc(Br)cc1)C1Cc2ccccc2C1. The van der Waals surface area contributed by atoms with Crippen molar-refractivity contribution in [2.24, 2.45) is 5.92 Å². The molecule has 0 aliphatic heterocycles. The minimum Gasteiger partial charge on any atom is -0.299 e. The fraction of sp³-hybridized carbons (Fsp3) is 0.235. The van der Waals surface area contributed by atoms with Gasteiger partial charge in [-0.15, -0.1) is 0 Å². The molecule has 0 heterocycles. The molecule has 0 N–H and O–H groups in total. The highest BCUT2D eigenvalue weighted by Gasteiger charge is 2.26. The van der Waals surface area contributed by atoms with E-state index in [1.54, 1.807) is 0 Å². The molecule has 0 atom stereocenters.